The van der Waals surface area contributed by atoms with Gasteiger partial charge in [0.2, 0.25) is 0 Å². The fourth-order valence-corrected chi connectivity index (χ4v) is 5.86. The fourth-order valence-electron chi connectivity index (χ4n) is 4.80. The van der Waals surface area contributed by atoms with Crippen molar-refractivity contribution in [2.45, 2.75) is 30.8 Å². The number of sulfonamides is 1. The normalized spacial score (nSPS) is 13.2. The molecular formula is C27H27N7O3S. The van der Waals surface area contributed by atoms with E-state index in [-0.39, 0.29) is 11.6 Å². The Labute approximate surface area is 220 Å². The number of hydrogen-bond donors (Lipinski definition) is 1. The molecule has 0 amide bonds. The molecule has 11 heteroatoms. The predicted octanol–water partition coefficient (Wildman–Crippen LogP) is 3.59. The molecule has 0 spiro atoms. The Hall–Kier alpha value is -4.09. The Morgan fingerprint density at radius 3 is 2.82 bits per heavy atom. The number of nitrogens with zero attached hydrogens (tertiary/aromatic N) is 6. The average Bonchev–Trinajstić information content (AvgIpc) is 3.65. The number of pyridine rings is 2. The third-order valence-corrected chi connectivity index (χ3v) is 7.92. The standard InChI is InChI=1S/C27H27N7O3S/c1-33-17-25(30-18-33)38(35,36)31-12-5-15-37-19-8-9-20-21(10-13-29-23(20)16-19)26-24-7-4-14-34(24)32-27(26)22-6-2-3-11-28-22/h2-3,6,8-11,13,16-18,31H,4-5,7,12,14-15H2,1H3. The van der Waals surface area contributed by atoms with Crippen LogP contribution in [0.2, 0.25) is 0 Å². The molecule has 1 N–H and O–H groups in total. The molecule has 5 aromatic rings. The van der Waals surface area contributed by atoms with Crippen molar-refractivity contribution in [3.8, 4) is 28.3 Å². The van der Waals surface area contributed by atoms with Gasteiger partial charge in [-0.25, -0.2) is 18.1 Å². The van der Waals surface area contributed by atoms with Gasteiger partial charge in [-0.05, 0) is 55.2 Å². The zero-order valence-corrected chi connectivity index (χ0v) is 21.7. The van der Waals surface area contributed by atoms with Crippen LogP contribution in [0.3, 0.4) is 0 Å². The minimum Gasteiger partial charge on any atom is -0.493 e. The highest BCUT2D eigenvalue weighted by Gasteiger charge is 2.25. The molecule has 38 heavy (non-hydrogen) atoms. The smallest absolute Gasteiger partial charge is 0.259 e. The molecule has 0 fully saturated rings. The van der Waals surface area contributed by atoms with E-state index in [9.17, 15) is 8.42 Å². The second-order valence-corrected chi connectivity index (χ2v) is 10.9. The Bertz CT molecular complexity index is 1710. The van der Waals surface area contributed by atoms with Crippen LogP contribution >= 0.6 is 0 Å². The molecule has 0 unspecified atom stereocenters. The average molecular weight is 530 g/mol. The number of fused-ring (bicyclic) bond motifs is 2. The van der Waals surface area contributed by atoms with Crippen molar-refractivity contribution < 1.29 is 13.2 Å². The number of aryl methyl sites for hydroxylation is 2. The molecule has 1 aliphatic heterocycles. The second-order valence-electron chi connectivity index (χ2n) is 9.23. The highest BCUT2D eigenvalue weighted by atomic mass is 32.2. The maximum Gasteiger partial charge on any atom is 0.259 e. The Balaban J connectivity index is 1.19. The molecule has 0 radical (unpaired) electrons. The van der Waals surface area contributed by atoms with Gasteiger partial charge in [0.25, 0.3) is 10.0 Å². The van der Waals surface area contributed by atoms with Gasteiger partial charge in [0, 0.05) is 61.4 Å². The van der Waals surface area contributed by atoms with E-state index >= 15 is 0 Å². The van der Waals surface area contributed by atoms with Gasteiger partial charge in [-0.3, -0.25) is 14.6 Å². The van der Waals surface area contributed by atoms with Crippen molar-refractivity contribution in [1.29, 1.82) is 0 Å². The predicted molar refractivity (Wildman–Crippen MR) is 143 cm³/mol. The summed E-state index contributed by atoms with van der Waals surface area (Å²) in [5.41, 5.74) is 5.98. The van der Waals surface area contributed by atoms with E-state index in [0.29, 0.717) is 18.8 Å². The quantitative estimate of drug-likeness (QED) is 0.290. The molecule has 0 atom stereocenters. The van der Waals surface area contributed by atoms with Crippen molar-refractivity contribution in [1.82, 2.24) is 34.0 Å². The van der Waals surface area contributed by atoms with Crippen molar-refractivity contribution in [3.05, 3.63) is 73.1 Å². The number of hydrogen-bond acceptors (Lipinski definition) is 7. The first-order valence-corrected chi connectivity index (χ1v) is 14.0. The van der Waals surface area contributed by atoms with Gasteiger partial charge in [-0.1, -0.05) is 6.07 Å². The minimum absolute atomic E-state index is 0.00703. The lowest BCUT2D eigenvalue weighted by Gasteiger charge is -2.11. The number of nitrogens with one attached hydrogen (secondary N) is 1. The van der Waals surface area contributed by atoms with Crippen molar-refractivity contribution >= 4 is 20.9 Å². The lowest BCUT2D eigenvalue weighted by atomic mass is 9.96. The summed E-state index contributed by atoms with van der Waals surface area (Å²) >= 11 is 0. The Morgan fingerprint density at radius 1 is 1.08 bits per heavy atom. The molecule has 10 nitrogen and oxygen atoms in total. The molecule has 1 aliphatic rings. The van der Waals surface area contributed by atoms with E-state index < -0.39 is 10.0 Å². The number of aromatic nitrogens is 6. The zero-order chi connectivity index (χ0) is 26.1. The van der Waals surface area contributed by atoms with E-state index in [1.165, 1.54) is 18.2 Å². The monoisotopic (exact) mass is 529 g/mol. The summed E-state index contributed by atoms with van der Waals surface area (Å²) in [6, 6.07) is 13.8. The van der Waals surface area contributed by atoms with Gasteiger partial charge in [0.05, 0.1) is 24.1 Å². The number of benzene rings is 1. The van der Waals surface area contributed by atoms with Crippen LogP contribution in [0, 0.1) is 0 Å². The van der Waals surface area contributed by atoms with E-state index in [0.717, 1.165) is 52.8 Å². The molecular weight excluding hydrogens is 502 g/mol. The lowest BCUT2D eigenvalue weighted by Crippen LogP contribution is -2.26. The molecule has 0 aliphatic carbocycles. The summed E-state index contributed by atoms with van der Waals surface area (Å²) < 4.78 is 36.8. The topological polar surface area (TPSA) is 117 Å². The van der Waals surface area contributed by atoms with E-state index in [1.807, 2.05) is 48.7 Å². The van der Waals surface area contributed by atoms with Crippen LogP contribution in [0.15, 0.2) is 72.4 Å². The third-order valence-electron chi connectivity index (χ3n) is 6.57. The third kappa shape index (κ3) is 4.66. The van der Waals surface area contributed by atoms with Crippen LogP contribution < -0.4 is 9.46 Å². The van der Waals surface area contributed by atoms with Crippen LogP contribution in [0.25, 0.3) is 33.4 Å². The minimum atomic E-state index is -3.63. The fraction of sp³-hybridized carbons (Fsp3) is 0.259. The molecule has 0 bridgehead atoms. The molecule has 1 aromatic carbocycles. The number of rotatable bonds is 9. The van der Waals surface area contributed by atoms with Gasteiger partial charge in [0.15, 0.2) is 5.03 Å². The first-order chi connectivity index (χ1) is 18.5. The molecule has 194 valence electrons. The van der Waals surface area contributed by atoms with Gasteiger partial charge >= 0.3 is 0 Å². The summed E-state index contributed by atoms with van der Waals surface area (Å²) in [7, 11) is -1.90. The summed E-state index contributed by atoms with van der Waals surface area (Å²) in [5.74, 6) is 0.680. The van der Waals surface area contributed by atoms with E-state index in [1.54, 1.807) is 17.8 Å². The SMILES string of the molecule is Cn1cnc(S(=O)(=O)NCCCOc2ccc3c(-c4c(-c5ccccn5)nn5c4CCC5)ccnc3c2)c1. The van der Waals surface area contributed by atoms with Crippen LogP contribution in [-0.4, -0.2) is 50.9 Å². The maximum atomic E-state index is 12.3. The van der Waals surface area contributed by atoms with Crippen molar-refractivity contribution in [2.24, 2.45) is 7.05 Å². The molecule has 6 rings (SSSR count). The van der Waals surface area contributed by atoms with Crippen molar-refractivity contribution in [3.63, 3.8) is 0 Å². The Morgan fingerprint density at radius 2 is 2.00 bits per heavy atom. The summed E-state index contributed by atoms with van der Waals surface area (Å²) in [6.45, 7) is 1.52. The molecule has 5 heterocycles. The molecule has 0 saturated carbocycles. The Kier molecular flexibility index (Phi) is 6.38. The summed E-state index contributed by atoms with van der Waals surface area (Å²) in [6.07, 6.45) is 9.09. The zero-order valence-electron chi connectivity index (χ0n) is 20.9. The van der Waals surface area contributed by atoms with E-state index in [2.05, 4.69) is 24.4 Å². The van der Waals surface area contributed by atoms with Gasteiger partial charge in [-0.15, -0.1) is 0 Å². The van der Waals surface area contributed by atoms with Crippen LogP contribution in [0.4, 0.5) is 0 Å². The van der Waals surface area contributed by atoms with Gasteiger partial charge in [0.1, 0.15) is 11.4 Å². The van der Waals surface area contributed by atoms with Crippen LogP contribution in [0.1, 0.15) is 18.5 Å². The molecule has 4 aromatic heterocycles. The number of ether oxygens (including phenoxy) is 1. The second kappa shape index (κ2) is 9.99. The number of imidazole rings is 1. The summed E-state index contributed by atoms with van der Waals surface area (Å²) in [4.78, 5) is 13.1. The lowest BCUT2D eigenvalue weighted by molar-refractivity contribution is 0.312. The van der Waals surface area contributed by atoms with E-state index in [4.69, 9.17) is 9.84 Å². The maximum absolute atomic E-state index is 12.3. The van der Waals surface area contributed by atoms with Crippen molar-refractivity contribution in [2.75, 3.05) is 13.2 Å². The van der Waals surface area contributed by atoms with Gasteiger partial charge < -0.3 is 9.30 Å². The van der Waals surface area contributed by atoms with Crippen LogP contribution in [0.5, 0.6) is 5.75 Å². The highest BCUT2D eigenvalue weighted by Crippen LogP contribution is 2.40. The van der Waals surface area contributed by atoms with Crippen LogP contribution in [-0.2, 0) is 30.0 Å². The molecule has 0 saturated heterocycles. The van der Waals surface area contributed by atoms with Gasteiger partial charge in [-0.2, -0.15) is 5.10 Å². The summed E-state index contributed by atoms with van der Waals surface area (Å²) in [5, 5.41) is 5.94. The highest BCUT2D eigenvalue weighted by molar-refractivity contribution is 7.89. The first kappa shape index (κ1) is 24.3. The largest absolute Gasteiger partial charge is 0.493 e. The first-order valence-electron chi connectivity index (χ1n) is 12.5.